The Morgan fingerprint density at radius 2 is 2.00 bits per heavy atom. The largest absolute Gasteiger partial charge is 0.283 e. The van der Waals surface area contributed by atoms with Gasteiger partial charge in [-0.25, -0.2) is 10.2 Å². The lowest BCUT2D eigenvalue weighted by molar-refractivity contribution is -0.135. The Bertz CT molecular complexity index is 413. The first-order valence-electron chi connectivity index (χ1n) is 5.06. The molecule has 0 fully saturated rings. The molecule has 0 unspecified atom stereocenters. The Kier molecular flexibility index (Phi) is 3.33. The molecular weight excluding hydrogens is 207 g/mol. The molecule has 88 valence electrons. The van der Waals surface area contributed by atoms with Crippen LogP contribution in [0.5, 0.6) is 0 Å². The number of nitrogens with two attached hydrogens (primary N) is 1. The normalized spacial score (nSPS) is 11.4. The molecule has 0 heterocycles. The number of carbonyl (C=O) groups is 1. The molecule has 0 saturated carbocycles. The number of carbonyl (C=O) groups excluding carboxylic acids is 1. The summed E-state index contributed by atoms with van der Waals surface area (Å²) in [6.07, 6.45) is 0. The molecule has 0 aliphatic rings. The molecule has 1 aromatic carbocycles. The standard InChI is InChI=1S/C12H17FN2O/c1-8-7-9(5-6-10(8)13)12(2,3)11(16)15(4)14/h5-7H,14H2,1-4H3. The van der Waals surface area contributed by atoms with Gasteiger partial charge in [-0.05, 0) is 38.0 Å². The summed E-state index contributed by atoms with van der Waals surface area (Å²) in [7, 11) is 1.50. The topological polar surface area (TPSA) is 46.3 Å². The van der Waals surface area contributed by atoms with E-state index >= 15 is 0 Å². The quantitative estimate of drug-likeness (QED) is 0.472. The van der Waals surface area contributed by atoms with Crippen LogP contribution in [0.3, 0.4) is 0 Å². The molecule has 4 heteroatoms. The van der Waals surface area contributed by atoms with E-state index in [0.29, 0.717) is 5.56 Å². The molecule has 3 nitrogen and oxygen atoms in total. The number of benzene rings is 1. The van der Waals surface area contributed by atoms with Gasteiger partial charge in [-0.1, -0.05) is 12.1 Å². The number of rotatable bonds is 2. The van der Waals surface area contributed by atoms with Crippen molar-refractivity contribution in [3.63, 3.8) is 0 Å². The maximum Gasteiger partial charge on any atom is 0.246 e. The second-order valence-corrected chi connectivity index (χ2v) is 4.51. The minimum Gasteiger partial charge on any atom is -0.283 e. The molecule has 1 amide bonds. The molecule has 0 atom stereocenters. The fourth-order valence-electron chi connectivity index (χ4n) is 1.60. The van der Waals surface area contributed by atoms with Crippen molar-refractivity contribution in [3.05, 3.63) is 35.1 Å². The van der Waals surface area contributed by atoms with Gasteiger partial charge in [0.1, 0.15) is 5.82 Å². The van der Waals surface area contributed by atoms with Crippen LogP contribution in [-0.2, 0) is 10.2 Å². The number of hydrazine groups is 1. The summed E-state index contributed by atoms with van der Waals surface area (Å²) in [6.45, 7) is 5.21. The van der Waals surface area contributed by atoms with Crippen LogP contribution in [0.2, 0.25) is 0 Å². The van der Waals surface area contributed by atoms with E-state index in [1.807, 2.05) is 0 Å². The lowest BCUT2D eigenvalue weighted by Gasteiger charge is -2.27. The van der Waals surface area contributed by atoms with Gasteiger partial charge in [0.15, 0.2) is 0 Å². The highest BCUT2D eigenvalue weighted by Gasteiger charge is 2.31. The van der Waals surface area contributed by atoms with Crippen molar-refractivity contribution in [1.29, 1.82) is 0 Å². The minimum absolute atomic E-state index is 0.210. The highest BCUT2D eigenvalue weighted by molar-refractivity contribution is 5.86. The van der Waals surface area contributed by atoms with Gasteiger partial charge in [0.05, 0.1) is 5.41 Å². The van der Waals surface area contributed by atoms with Crippen LogP contribution in [0.1, 0.15) is 25.0 Å². The van der Waals surface area contributed by atoms with Crippen LogP contribution >= 0.6 is 0 Å². The molecule has 0 aliphatic heterocycles. The van der Waals surface area contributed by atoms with Gasteiger partial charge >= 0.3 is 0 Å². The van der Waals surface area contributed by atoms with Crippen molar-refractivity contribution < 1.29 is 9.18 Å². The second-order valence-electron chi connectivity index (χ2n) is 4.51. The highest BCUT2D eigenvalue weighted by Crippen LogP contribution is 2.26. The van der Waals surface area contributed by atoms with Crippen molar-refractivity contribution >= 4 is 5.91 Å². The molecule has 0 saturated heterocycles. The first kappa shape index (κ1) is 12.6. The van der Waals surface area contributed by atoms with Crippen LogP contribution in [0.4, 0.5) is 4.39 Å². The minimum atomic E-state index is -0.748. The number of hydrogen-bond donors (Lipinski definition) is 1. The Hall–Kier alpha value is -1.42. The Morgan fingerprint density at radius 3 is 2.44 bits per heavy atom. The average Bonchev–Trinajstić information content (AvgIpc) is 2.20. The number of hydrogen-bond acceptors (Lipinski definition) is 2. The Labute approximate surface area is 95.0 Å². The molecule has 0 spiro atoms. The fourth-order valence-corrected chi connectivity index (χ4v) is 1.60. The first-order chi connectivity index (χ1) is 7.26. The fraction of sp³-hybridized carbons (Fsp3) is 0.417. The van der Waals surface area contributed by atoms with Gasteiger partial charge in [0.2, 0.25) is 5.91 Å². The van der Waals surface area contributed by atoms with Crippen molar-refractivity contribution in [3.8, 4) is 0 Å². The summed E-state index contributed by atoms with van der Waals surface area (Å²) in [5, 5.41) is 1.05. The number of aryl methyl sites for hydroxylation is 1. The van der Waals surface area contributed by atoms with Gasteiger partial charge in [-0.3, -0.25) is 9.80 Å². The monoisotopic (exact) mass is 224 g/mol. The molecule has 16 heavy (non-hydrogen) atoms. The summed E-state index contributed by atoms with van der Waals surface area (Å²) in [5.41, 5.74) is 0.536. The average molecular weight is 224 g/mol. The lowest BCUT2D eigenvalue weighted by Crippen LogP contribution is -2.45. The Balaban J connectivity index is 3.16. The van der Waals surface area contributed by atoms with Gasteiger partial charge in [-0.2, -0.15) is 0 Å². The van der Waals surface area contributed by atoms with E-state index in [4.69, 9.17) is 5.84 Å². The van der Waals surface area contributed by atoms with E-state index < -0.39 is 5.41 Å². The van der Waals surface area contributed by atoms with E-state index in [9.17, 15) is 9.18 Å². The van der Waals surface area contributed by atoms with Crippen molar-refractivity contribution in [2.75, 3.05) is 7.05 Å². The van der Waals surface area contributed by atoms with Crippen molar-refractivity contribution in [2.24, 2.45) is 5.84 Å². The molecule has 0 aromatic heterocycles. The van der Waals surface area contributed by atoms with Crippen LogP contribution in [0.25, 0.3) is 0 Å². The third-order valence-corrected chi connectivity index (χ3v) is 2.73. The number of likely N-dealkylation sites (N-methyl/N-ethyl adjacent to an activating group) is 1. The second kappa shape index (κ2) is 4.22. The number of halogens is 1. The van der Waals surface area contributed by atoms with Gasteiger partial charge in [0, 0.05) is 7.05 Å². The zero-order chi connectivity index (χ0) is 12.5. The van der Waals surface area contributed by atoms with Crippen LogP contribution in [-0.4, -0.2) is 18.0 Å². The summed E-state index contributed by atoms with van der Waals surface area (Å²) < 4.78 is 13.1. The SMILES string of the molecule is Cc1cc(C(C)(C)C(=O)N(C)N)ccc1F. The van der Waals surface area contributed by atoms with Gasteiger partial charge in [0.25, 0.3) is 0 Å². The van der Waals surface area contributed by atoms with E-state index in [2.05, 4.69) is 0 Å². The summed E-state index contributed by atoms with van der Waals surface area (Å²) in [6, 6.07) is 4.66. The first-order valence-corrected chi connectivity index (χ1v) is 5.06. The van der Waals surface area contributed by atoms with E-state index in [1.54, 1.807) is 32.9 Å². The summed E-state index contributed by atoms with van der Waals surface area (Å²) in [4.78, 5) is 11.9. The van der Waals surface area contributed by atoms with E-state index in [1.165, 1.54) is 13.1 Å². The zero-order valence-electron chi connectivity index (χ0n) is 10.0. The molecular formula is C12H17FN2O. The number of amides is 1. The van der Waals surface area contributed by atoms with Crippen LogP contribution in [0.15, 0.2) is 18.2 Å². The molecule has 2 N–H and O–H groups in total. The maximum atomic E-state index is 13.1. The highest BCUT2D eigenvalue weighted by atomic mass is 19.1. The van der Waals surface area contributed by atoms with Crippen LogP contribution in [0, 0.1) is 12.7 Å². The van der Waals surface area contributed by atoms with Crippen LogP contribution < -0.4 is 5.84 Å². The predicted octanol–water partition coefficient (Wildman–Crippen LogP) is 1.74. The molecule has 1 aromatic rings. The lowest BCUT2D eigenvalue weighted by atomic mass is 9.83. The molecule has 0 aliphatic carbocycles. The zero-order valence-corrected chi connectivity index (χ0v) is 10.0. The third kappa shape index (κ3) is 2.22. The maximum absolute atomic E-state index is 13.1. The smallest absolute Gasteiger partial charge is 0.246 e. The van der Waals surface area contributed by atoms with E-state index in [-0.39, 0.29) is 11.7 Å². The van der Waals surface area contributed by atoms with Gasteiger partial charge < -0.3 is 0 Å². The predicted molar refractivity (Wildman–Crippen MR) is 61.1 cm³/mol. The Morgan fingerprint density at radius 1 is 1.44 bits per heavy atom. The summed E-state index contributed by atoms with van der Waals surface area (Å²) >= 11 is 0. The molecule has 0 radical (unpaired) electrons. The molecule has 0 bridgehead atoms. The molecule has 1 rings (SSSR count). The van der Waals surface area contributed by atoms with Gasteiger partial charge in [-0.15, -0.1) is 0 Å². The summed E-state index contributed by atoms with van der Waals surface area (Å²) in [5.74, 6) is 4.96. The van der Waals surface area contributed by atoms with E-state index in [0.717, 1.165) is 10.6 Å². The van der Waals surface area contributed by atoms with Crippen molar-refractivity contribution in [1.82, 2.24) is 5.01 Å². The van der Waals surface area contributed by atoms with Crippen molar-refractivity contribution in [2.45, 2.75) is 26.2 Å². The third-order valence-electron chi connectivity index (χ3n) is 2.73. The number of nitrogens with zero attached hydrogens (tertiary/aromatic N) is 1.